The highest BCUT2D eigenvalue weighted by atomic mass is 35.5. The van der Waals surface area contributed by atoms with E-state index in [0.29, 0.717) is 16.3 Å². The molecule has 4 heteroatoms. The van der Waals surface area contributed by atoms with E-state index in [2.05, 4.69) is 11.8 Å². The Kier molecular flexibility index (Phi) is 4.67. The van der Waals surface area contributed by atoms with Crippen molar-refractivity contribution in [3.05, 3.63) is 34.6 Å². The maximum Gasteiger partial charge on any atom is 0.186 e. The molecule has 0 bridgehead atoms. The summed E-state index contributed by atoms with van der Waals surface area (Å²) in [5.74, 6) is 5.47. The predicted molar refractivity (Wildman–Crippen MR) is 61.4 cm³/mol. The lowest BCUT2D eigenvalue weighted by atomic mass is 10.2. The number of hydrogen-bond acceptors (Lipinski definition) is 2. The average molecular weight is 243 g/mol. The highest BCUT2D eigenvalue weighted by Gasteiger charge is 1.98. The Labute approximate surface area is 97.0 Å². The van der Waals surface area contributed by atoms with Gasteiger partial charge < -0.3 is 0 Å². The van der Waals surface area contributed by atoms with Crippen LogP contribution in [0.25, 0.3) is 0 Å². The van der Waals surface area contributed by atoms with Gasteiger partial charge in [-0.1, -0.05) is 35.2 Å². The maximum absolute atomic E-state index is 12.8. The first-order valence-corrected chi connectivity index (χ1v) is 5.53. The third kappa shape index (κ3) is 4.37. The van der Waals surface area contributed by atoms with Gasteiger partial charge in [-0.2, -0.15) is 0 Å². The second-order valence-electron chi connectivity index (χ2n) is 2.71. The molecule has 15 heavy (non-hydrogen) atoms. The van der Waals surface area contributed by atoms with Gasteiger partial charge >= 0.3 is 0 Å². The smallest absolute Gasteiger partial charge is 0.186 e. The van der Waals surface area contributed by atoms with Crippen LogP contribution in [0.4, 0.5) is 4.39 Å². The molecule has 0 saturated carbocycles. The lowest BCUT2D eigenvalue weighted by Gasteiger charge is -1.94. The van der Waals surface area contributed by atoms with Crippen LogP contribution in [-0.4, -0.2) is 10.9 Å². The Bertz CT molecular complexity index is 434. The fourth-order valence-corrected chi connectivity index (χ4v) is 1.37. The summed E-state index contributed by atoms with van der Waals surface area (Å²) in [7, 11) is 0. The van der Waals surface area contributed by atoms with Crippen LogP contribution in [-0.2, 0) is 4.79 Å². The molecule has 78 valence electrons. The number of halogens is 2. The lowest BCUT2D eigenvalue weighted by molar-refractivity contribution is -0.109. The van der Waals surface area contributed by atoms with Crippen molar-refractivity contribution in [2.45, 2.75) is 6.92 Å². The van der Waals surface area contributed by atoms with Crippen molar-refractivity contribution in [2.24, 2.45) is 0 Å². The highest BCUT2D eigenvalue weighted by Crippen LogP contribution is 2.15. The Hall–Kier alpha value is -0.980. The first kappa shape index (κ1) is 12.1. The van der Waals surface area contributed by atoms with Crippen molar-refractivity contribution in [1.82, 2.24) is 0 Å². The van der Waals surface area contributed by atoms with Crippen LogP contribution in [0.3, 0.4) is 0 Å². The molecular formula is C11H8ClFOS. The minimum atomic E-state index is -0.372. The monoisotopic (exact) mass is 242 g/mol. The molecule has 0 amide bonds. The zero-order chi connectivity index (χ0) is 11.3. The molecule has 1 nitrogen and oxygen atoms in total. The van der Waals surface area contributed by atoms with Crippen molar-refractivity contribution >= 4 is 28.5 Å². The summed E-state index contributed by atoms with van der Waals surface area (Å²) in [5.41, 5.74) is 0.445. The number of rotatable bonds is 1. The van der Waals surface area contributed by atoms with Crippen LogP contribution in [0, 0.1) is 17.7 Å². The molecule has 0 unspecified atom stereocenters. The van der Waals surface area contributed by atoms with Crippen LogP contribution in [0.2, 0.25) is 5.02 Å². The van der Waals surface area contributed by atoms with Gasteiger partial charge in [-0.3, -0.25) is 4.79 Å². The normalized spacial score (nSPS) is 9.27. The van der Waals surface area contributed by atoms with E-state index >= 15 is 0 Å². The van der Waals surface area contributed by atoms with Gasteiger partial charge in [-0.25, -0.2) is 4.39 Å². The number of thioether (sulfide) groups is 1. The van der Waals surface area contributed by atoms with Crippen molar-refractivity contribution in [1.29, 1.82) is 0 Å². The fourth-order valence-electron chi connectivity index (χ4n) is 0.862. The summed E-state index contributed by atoms with van der Waals surface area (Å²) in [6.07, 6.45) is 0. The predicted octanol–water partition coefficient (Wildman–Crippen LogP) is 3.11. The molecule has 0 atom stereocenters. The number of carbonyl (C=O) groups is 1. The van der Waals surface area contributed by atoms with E-state index in [-0.39, 0.29) is 10.9 Å². The molecule has 0 saturated heterocycles. The molecule has 1 aromatic rings. The fraction of sp³-hybridized carbons (Fsp3) is 0.182. The standard InChI is InChI=1S/C11H8ClFOS/c1-8(14)15-6-2-3-9-7-10(13)4-5-11(9)12/h4-5,7H,6H2,1H3. The molecule has 0 fully saturated rings. The SMILES string of the molecule is CC(=O)SCC#Cc1cc(F)ccc1Cl. The van der Waals surface area contributed by atoms with Gasteiger partial charge in [-0.15, -0.1) is 0 Å². The summed E-state index contributed by atoms with van der Waals surface area (Å²) >= 11 is 6.91. The van der Waals surface area contributed by atoms with E-state index in [1.807, 2.05) is 0 Å². The molecule has 1 aromatic carbocycles. The van der Waals surface area contributed by atoms with E-state index in [1.54, 1.807) is 0 Å². The average Bonchev–Trinajstić information content (AvgIpc) is 2.17. The molecule has 0 radical (unpaired) electrons. The van der Waals surface area contributed by atoms with Gasteiger partial charge in [-0.05, 0) is 18.2 Å². The summed E-state index contributed by atoms with van der Waals surface area (Å²) in [6.45, 7) is 1.47. The molecule has 1 rings (SSSR count). The summed E-state index contributed by atoms with van der Waals surface area (Å²) in [6, 6.07) is 4.00. The van der Waals surface area contributed by atoms with Crippen molar-refractivity contribution in [3.63, 3.8) is 0 Å². The van der Waals surface area contributed by atoms with Gasteiger partial charge in [0.25, 0.3) is 0 Å². The summed E-state index contributed by atoms with van der Waals surface area (Å²) < 4.78 is 12.8. The minimum Gasteiger partial charge on any atom is -0.288 e. The van der Waals surface area contributed by atoms with Gasteiger partial charge in [0.15, 0.2) is 5.12 Å². The molecule has 0 N–H and O–H groups in total. The Balaban J connectivity index is 2.71. The summed E-state index contributed by atoms with van der Waals surface area (Å²) in [4.78, 5) is 10.6. The van der Waals surface area contributed by atoms with Crippen LogP contribution in [0.1, 0.15) is 12.5 Å². The lowest BCUT2D eigenvalue weighted by Crippen LogP contribution is -1.84. The van der Waals surface area contributed by atoms with Gasteiger partial charge in [0.1, 0.15) is 5.82 Å². The second-order valence-corrected chi connectivity index (χ2v) is 4.27. The molecule has 0 aromatic heterocycles. The van der Waals surface area contributed by atoms with Crippen LogP contribution in [0.5, 0.6) is 0 Å². The third-order valence-electron chi connectivity index (χ3n) is 1.50. The zero-order valence-corrected chi connectivity index (χ0v) is 9.58. The minimum absolute atomic E-state index is 0.00893. The van der Waals surface area contributed by atoms with Crippen LogP contribution in [0.15, 0.2) is 18.2 Å². The van der Waals surface area contributed by atoms with Crippen molar-refractivity contribution < 1.29 is 9.18 Å². The largest absolute Gasteiger partial charge is 0.288 e. The molecular weight excluding hydrogens is 235 g/mol. The molecule has 0 aliphatic rings. The Morgan fingerprint density at radius 1 is 1.60 bits per heavy atom. The third-order valence-corrected chi connectivity index (χ3v) is 2.52. The zero-order valence-electron chi connectivity index (χ0n) is 8.01. The van der Waals surface area contributed by atoms with E-state index in [9.17, 15) is 9.18 Å². The van der Waals surface area contributed by atoms with E-state index in [1.165, 1.54) is 25.1 Å². The Morgan fingerprint density at radius 3 is 3.00 bits per heavy atom. The van der Waals surface area contributed by atoms with E-state index < -0.39 is 0 Å². The van der Waals surface area contributed by atoms with Crippen molar-refractivity contribution in [3.8, 4) is 11.8 Å². The van der Waals surface area contributed by atoms with E-state index in [4.69, 9.17) is 11.6 Å². The van der Waals surface area contributed by atoms with Crippen LogP contribution >= 0.6 is 23.4 Å². The molecule has 0 aliphatic carbocycles. The Morgan fingerprint density at radius 2 is 2.33 bits per heavy atom. The molecule has 0 spiro atoms. The molecule has 0 heterocycles. The van der Waals surface area contributed by atoms with E-state index in [0.717, 1.165) is 11.8 Å². The topological polar surface area (TPSA) is 17.1 Å². The first-order valence-electron chi connectivity index (χ1n) is 4.17. The number of hydrogen-bond donors (Lipinski definition) is 0. The molecule has 0 aliphatic heterocycles. The van der Waals surface area contributed by atoms with Gasteiger partial charge in [0, 0.05) is 12.5 Å². The quantitative estimate of drug-likeness (QED) is 0.704. The first-order chi connectivity index (χ1) is 7.09. The second kappa shape index (κ2) is 5.79. The summed E-state index contributed by atoms with van der Waals surface area (Å²) in [5, 5.41) is 0.423. The number of benzene rings is 1. The van der Waals surface area contributed by atoms with Crippen molar-refractivity contribution in [2.75, 3.05) is 5.75 Å². The van der Waals surface area contributed by atoms with Crippen LogP contribution < -0.4 is 0 Å². The van der Waals surface area contributed by atoms with Gasteiger partial charge in [0.2, 0.25) is 0 Å². The maximum atomic E-state index is 12.8. The highest BCUT2D eigenvalue weighted by molar-refractivity contribution is 8.13. The number of carbonyl (C=O) groups excluding carboxylic acids is 1. The van der Waals surface area contributed by atoms with Gasteiger partial charge in [0.05, 0.1) is 10.8 Å².